The van der Waals surface area contributed by atoms with Gasteiger partial charge in [0.1, 0.15) is 11.8 Å². The van der Waals surface area contributed by atoms with Crippen molar-refractivity contribution < 1.29 is 24.2 Å². The predicted molar refractivity (Wildman–Crippen MR) is 175 cm³/mol. The first-order valence-electron chi connectivity index (χ1n) is 15.1. The zero-order valence-electron chi connectivity index (χ0n) is 25.4. The van der Waals surface area contributed by atoms with Gasteiger partial charge in [-0.3, -0.25) is 9.59 Å². The van der Waals surface area contributed by atoms with Crippen LogP contribution in [0.2, 0.25) is 0 Å². The van der Waals surface area contributed by atoms with E-state index in [1.54, 1.807) is 48.5 Å². The van der Waals surface area contributed by atoms with Gasteiger partial charge < -0.3 is 20.1 Å². The second-order valence-corrected chi connectivity index (χ2v) is 10.8. The first-order chi connectivity index (χ1) is 21.4. The molecule has 228 valence electrons. The van der Waals surface area contributed by atoms with Crippen LogP contribution in [0.15, 0.2) is 103 Å². The number of carbonyl (C=O) groups excluding carboxylic acids is 2. The molecule has 1 atom stereocenters. The summed E-state index contributed by atoms with van der Waals surface area (Å²) in [7, 11) is 0. The Morgan fingerprint density at radius 1 is 0.864 bits per heavy atom. The van der Waals surface area contributed by atoms with Gasteiger partial charge in [-0.05, 0) is 67.3 Å². The maximum atomic E-state index is 13.1. The van der Waals surface area contributed by atoms with Crippen molar-refractivity contribution in [3.8, 4) is 5.75 Å². The first kappa shape index (κ1) is 32.0. The average molecular weight is 593 g/mol. The van der Waals surface area contributed by atoms with Crippen LogP contribution >= 0.6 is 0 Å². The lowest BCUT2D eigenvalue weighted by Crippen LogP contribution is -2.32. The summed E-state index contributed by atoms with van der Waals surface area (Å²) in [4.78, 5) is 40.0. The number of amides is 1. The summed E-state index contributed by atoms with van der Waals surface area (Å²) < 4.78 is 5.96. The molecule has 1 amide bonds. The molecule has 0 spiro atoms. The number of carbonyl (C=O) groups is 3. The normalized spacial score (nSPS) is 11.4. The van der Waals surface area contributed by atoms with E-state index in [0.29, 0.717) is 48.6 Å². The van der Waals surface area contributed by atoms with E-state index in [1.807, 2.05) is 66.4 Å². The Balaban J connectivity index is 1.34. The molecule has 0 aliphatic carbocycles. The quantitative estimate of drug-likeness (QED) is 0.105. The Labute approximate surface area is 259 Å². The lowest BCUT2D eigenvalue weighted by Gasteiger charge is -2.23. The van der Waals surface area contributed by atoms with E-state index in [2.05, 4.69) is 12.2 Å². The number of carboxylic acids is 1. The number of unbranched alkanes of at least 4 members (excludes halogenated alkanes) is 1. The molecule has 44 heavy (non-hydrogen) atoms. The number of rotatable bonds is 16. The second-order valence-electron chi connectivity index (χ2n) is 10.8. The minimum absolute atomic E-state index is 0.121. The molecule has 0 radical (unpaired) electrons. The number of nitrogens with one attached hydrogen (secondary N) is 1. The summed E-state index contributed by atoms with van der Waals surface area (Å²) in [6.45, 7) is 5.10. The van der Waals surface area contributed by atoms with Gasteiger partial charge in [-0.15, -0.1) is 0 Å². The highest BCUT2D eigenvalue weighted by Gasteiger charge is 2.21. The van der Waals surface area contributed by atoms with Gasteiger partial charge in [-0.25, -0.2) is 4.79 Å². The average Bonchev–Trinajstić information content (AvgIpc) is 3.04. The summed E-state index contributed by atoms with van der Waals surface area (Å²) in [5.41, 5.74) is 4.26. The van der Waals surface area contributed by atoms with Crippen molar-refractivity contribution in [2.45, 2.75) is 52.0 Å². The SMILES string of the molecule is CCCCC(=O)N(CCCOc1ccc(CC(Nc2ccccc2C(=O)c2ccccc2)C(=O)O)cc1)c1cccc(C)c1. The van der Waals surface area contributed by atoms with E-state index in [9.17, 15) is 19.5 Å². The van der Waals surface area contributed by atoms with Crippen molar-refractivity contribution >= 4 is 29.0 Å². The number of ketones is 1. The first-order valence-corrected chi connectivity index (χ1v) is 15.1. The number of hydrogen-bond donors (Lipinski definition) is 2. The third kappa shape index (κ3) is 9.04. The maximum absolute atomic E-state index is 13.1. The number of aryl methyl sites for hydroxylation is 1. The van der Waals surface area contributed by atoms with Crippen molar-refractivity contribution in [1.82, 2.24) is 0 Å². The van der Waals surface area contributed by atoms with Gasteiger partial charge in [0.2, 0.25) is 5.91 Å². The zero-order chi connectivity index (χ0) is 31.3. The van der Waals surface area contributed by atoms with Crippen LogP contribution in [-0.4, -0.2) is 42.0 Å². The van der Waals surface area contributed by atoms with Crippen LogP contribution in [0.4, 0.5) is 11.4 Å². The van der Waals surface area contributed by atoms with Gasteiger partial charge in [-0.1, -0.05) is 80.1 Å². The number of nitrogens with zero attached hydrogens (tertiary/aromatic N) is 1. The van der Waals surface area contributed by atoms with Gasteiger partial charge in [0.25, 0.3) is 0 Å². The van der Waals surface area contributed by atoms with Gasteiger partial charge in [0.15, 0.2) is 5.78 Å². The number of benzene rings is 4. The van der Waals surface area contributed by atoms with Crippen LogP contribution in [0.1, 0.15) is 59.7 Å². The van der Waals surface area contributed by atoms with Gasteiger partial charge >= 0.3 is 5.97 Å². The van der Waals surface area contributed by atoms with E-state index >= 15 is 0 Å². The Bertz CT molecular complexity index is 1540. The molecule has 2 N–H and O–H groups in total. The number of hydrogen-bond acceptors (Lipinski definition) is 5. The smallest absolute Gasteiger partial charge is 0.326 e. The maximum Gasteiger partial charge on any atom is 0.326 e. The largest absolute Gasteiger partial charge is 0.494 e. The van der Waals surface area contributed by atoms with Crippen LogP contribution in [0.5, 0.6) is 5.75 Å². The molecular formula is C37H40N2O5. The highest BCUT2D eigenvalue weighted by atomic mass is 16.5. The molecule has 1 unspecified atom stereocenters. The summed E-state index contributed by atoms with van der Waals surface area (Å²) in [6, 6.07) is 30.3. The molecule has 7 heteroatoms. The Hall–Kier alpha value is -4.91. The van der Waals surface area contributed by atoms with Crippen molar-refractivity contribution in [2.24, 2.45) is 0 Å². The highest BCUT2D eigenvalue weighted by Crippen LogP contribution is 2.23. The third-order valence-electron chi connectivity index (χ3n) is 7.35. The minimum atomic E-state index is -1.01. The van der Waals surface area contributed by atoms with E-state index in [-0.39, 0.29) is 18.1 Å². The molecule has 4 aromatic rings. The predicted octanol–water partition coefficient (Wildman–Crippen LogP) is 7.33. The fourth-order valence-electron chi connectivity index (χ4n) is 4.97. The van der Waals surface area contributed by atoms with Crippen molar-refractivity contribution in [1.29, 1.82) is 0 Å². The molecule has 4 aromatic carbocycles. The molecule has 0 saturated heterocycles. The van der Waals surface area contributed by atoms with E-state index in [0.717, 1.165) is 29.7 Å². The molecule has 0 heterocycles. The van der Waals surface area contributed by atoms with Crippen LogP contribution in [-0.2, 0) is 16.0 Å². The van der Waals surface area contributed by atoms with Crippen molar-refractivity contribution in [3.63, 3.8) is 0 Å². The molecular weight excluding hydrogens is 552 g/mol. The number of aliphatic carboxylic acids is 1. The summed E-state index contributed by atoms with van der Waals surface area (Å²) in [5, 5.41) is 13.0. The molecule has 0 saturated carbocycles. The lowest BCUT2D eigenvalue weighted by molar-refractivity contribution is -0.137. The van der Waals surface area contributed by atoms with E-state index < -0.39 is 12.0 Å². The third-order valence-corrected chi connectivity index (χ3v) is 7.35. The summed E-state index contributed by atoms with van der Waals surface area (Å²) in [5.74, 6) is -0.395. The standard InChI is InChI=1S/C37H40N2O5/c1-3-4-18-35(40)39(30-15-10-12-27(2)25-30)23-11-24-44-31-21-19-28(20-22-31)26-34(37(42)43)38-33-17-9-8-16-32(33)36(41)29-13-6-5-7-14-29/h5-10,12-17,19-22,25,34,38H,3-4,11,18,23-24,26H2,1-2H3,(H,42,43). The molecule has 0 aliphatic rings. The monoisotopic (exact) mass is 592 g/mol. The topological polar surface area (TPSA) is 95.9 Å². The highest BCUT2D eigenvalue weighted by molar-refractivity contribution is 6.12. The lowest BCUT2D eigenvalue weighted by atomic mass is 10.00. The number of anilines is 2. The van der Waals surface area contributed by atoms with Crippen LogP contribution in [0.25, 0.3) is 0 Å². The molecule has 0 aromatic heterocycles. The molecule has 4 rings (SSSR count). The molecule has 0 bridgehead atoms. The zero-order valence-corrected chi connectivity index (χ0v) is 25.4. The van der Waals surface area contributed by atoms with Crippen molar-refractivity contribution in [2.75, 3.05) is 23.4 Å². The Morgan fingerprint density at radius 2 is 1.59 bits per heavy atom. The molecule has 7 nitrogen and oxygen atoms in total. The van der Waals surface area contributed by atoms with Crippen LogP contribution < -0.4 is 15.0 Å². The Morgan fingerprint density at radius 3 is 2.30 bits per heavy atom. The van der Waals surface area contributed by atoms with Gasteiger partial charge in [-0.2, -0.15) is 0 Å². The van der Waals surface area contributed by atoms with E-state index in [1.165, 1.54) is 0 Å². The van der Waals surface area contributed by atoms with Crippen molar-refractivity contribution in [3.05, 3.63) is 125 Å². The van der Waals surface area contributed by atoms with Crippen LogP contribution in [0, 0.1) is 6.92 Å². The second kappa shape index (κ2) is 16.1. The minimum Gasteiger partial charge on any atom is -0.494 e. The van der Waals surface area contributed by atoms with E-state index in [4.69, 9.17) is 4.74 Å². The Kier molecular flexibility index (Phi) is 11.7. The molecule has 0 fully saturated rings. The van der Waals surface area contributed by atoms with Gasteiger partial charge in [0.05, 0.1) is 6.61 Å². The summed E-state index contributed by atoms with van der Waals surface area (Å²) >= 11 is 0. The van der Waals surface area contributed by atoms with Crippen LogP contribution in [0.3, 0.4) is 0 Å². The summed E-state index contributed by atoms with van der Waals surface area (Å²) in [6.07, 6.45) is 3.24. The number of para-hydroxylation sites is 1. The fourth-order valence-corrected chi connectivity index (χ4v) is 4.97. The fraction of sp³-hybridized carbons (Fsp3) is 0.270. The number of ether oxygens (including phenoxy) is 1. The number of carboxylic acid groups (broad SMARTS) is 1. The van der Waals surface area contributed by atoms with Gasteiger partial charge in [0, 0.05) is 41.9 Å². The molecule has 0 aliphatic heterocycles.